The van der Waals surface area contributed by atoms with Crippen molar-refractivity contribution < 1.29 is 14.5 Å². The van der Waals surface area contributed by atoms with E-state index in [1.165, 1.54) is 6.07 Å². The second kappa shape index (κ2) is 10.4. The van der Waals surface area contributed by atoms with Crippen molar-refractivity contribution >= 4 is 23.2 Å². The van der Waals surface area contributed by atoms with Crippen LogP contribution in [0.2, 0.25) is 0 Å². The van der Waals surface area contributed by atoms with Gasteiger partial charge in [-0.3, -0.25) is 24.6 Å². The predicted molar refractivity (Wildman–Crippen MR) is 115 cm³/mol. The van der Waals surface area contributed by atoms with E-state index in [-0.39, 0.29) is 29.1 Å². The molecule has 2 fully saturated rings. The van der Waals surface area contributed by atoms with Crippen molar-refractivity contribution in [1.29, 1.82) is 0 Å². The van der Waals surface area contributed by atoms with Crippen LogP contribution in [0.15, 0.2) is 18.2 Å². The summed E-state index contributed by atoms with van der Waals surface area (Å²) in [5.74, 6) is -0.209. The highest BCUT2D eigenvalue weighted by atomic mass is 16.6. The normalized spacial score (nSPS) is 17.7. The number of nitrogens with one attached hydrogen (secondary N) is 2. The molecule has 2 amide bonds. The topological polar surface area (TPSA) is 108 Å². The number of rotatable bonds is 8. The Morgan fingerprint density at radius 1 is 1.17 bits per heavy atom. The Balaban J connectivity index is 1.59. The number of anilines is 1. The van der Waals surface area contributed by atoms with Gasteiger partial charge in [-0.1, -0.05) is 6.92 Å². The van der Waals surface area contributed by atoms with Crippen LogP contribution in [0.5, 0.6) is 0 Å². The summed E-state index contributed by atoms with van der Waals surface area (Å²) < 4.78 is 0. The van der Waals surface area contributed by atoms with E-state index < -0.39 is 4.92 Å². The van der Waals surface area contributed by atoms with E-state index in [9.17, 15) is 19.7 Å². The molecule has 2 aliphatic heterocycles. The van der Waals surface area contributed by atoms with Crippen molar-refractivity contribution in [2.45, 2.75) is 45.1 Å². The van der Waals surface area contributed by atoms with Gasteiger partial charge in [0.05, 0.1) is 11.5 Å². The molecule has 9 heteroatoms. The quantitative estimate of drug-likeness (QED) is 0.496. The van der Waals surface area contributed by atoms with Gasteiger partial charge in [-0.05, 0) is 44.2 Å². The van der Waals surface area contributed by atoms with Gasteiger partial charge in [-0.25, -0.2) is 0 Å². The number of benzene rings is 1. The molecule has 0 saturated carbocycles. The molecule has 30 heavy (non-hydrogen) atoms. The first kappa shape index (κ1) is 22.0. The van der Waals surface area contributed by atoms with Gasteiger partial charge in [-0.15, -0.1) is 0 Å². The highest BCUT2D eigenvalue weighted by molar-refractivity contribution is 5.99. The van der Waals surface area contributed by atoms with Crippen LogP contribution >= 0.6 is 0 Å². The fraction of sp³-hybridized carbons (Fsp3) is 0.619. The summed E-state index contributed by atoms with van der Waals surface area (Å²) in [6.45, 7) is 6.07. The molecule has 164 valence electrons. The molecule has 3 rings (SSSR count). The van der Waals surface area contributed by atoms with Gasteiger partial charge in [0.15, 0.2) is 0 Å². The molecular formula is C21H31N5O4. The molecule has 2 saturated heterocycles. The summed E-state index contributed by atoms with van der Waals surface area (Å²) in [7, 11) is 0. The lowest BCUT2D eigenvalue weighted by atomic mass is 10.0. The smallest absolute Gasteiger partial charge is 0.282 e. The van der Waals surface area contributed by atoms with Gasteiger partial charge >= 0.3 is 0 Å². The van der Waals surface area contributed by atoms with E-state index >= 15 is 0 Å². The zero-order valence-electron chi connectivity index (χ0n) is 17.6. The van der Waals surface area contributed by atoms with Gasteiger partial charge in [0, 0.05) is 50.5 Å². The average Bonchev–Trinajstić information content (AvgIpc) is 3.28. The van der Waals surface area contributed by atoms with Crippen LogP contribution < -0.4 is 10.6 Å². The SMILES string of the molecule is CCCNC(=O)CN1CCC(Nc2ccc([N+](=O)[O-])c(C(=O)N3CCCC3)c2)CC1. The van der Waals surface area contributed by atoms with Crippen LogP contribution in [0, 0.1) is 10.1 Å². The molecule has 2 heterocycles. The Kier molecular flexibility index (Phi) is 7.62. The number of amides is 2. The lowest BCUT2D eigenvalue weighted by Crippen LogP contribution is -2.44. The number of nitro benzene ring substituents is 1. The zero-order chi connectivity index (χ0) is 21.5. The second-order valence-electron chi connectivity index (χ2n) is 8.03. The highest BCUT2D eigenvalue weighted by Crippen LogP contribution is 2.27. The number of nitrogens with zero attached hydrogens (tertiary/aromatic N) is 3. The summed E-state index contributed by atoms with van der Waals surface area (Å²) >= 11 is 0. The first-order valence-corrected chi connectivity index (χ1v) is 10.8. The third kappa shape index (κ3) is 5.69. The number of carbonyl (C=O) groups excluding carboxylic acids is 2. The summed E-state index contributed by atoms with van der Waals surface area (Å²) in [5, 5.41) is 17.7. The molecule has 1 aromatic rings. The van der Waals surface area contributed by atoms with Gasteiger partial charge in [0.25, 0.3) is 11.6 Å². The third-order valence-corrected chi connectivity index (χ3v) is 5.71. The van der Waals surface area contributed by atoms with E-state index in [0.717, 1.165) is 50.9 Å². The van der Waals surface area contributed by atoms with Crippen LogP contribution in [0.1, 0.15) is 49.4 Å². The summed E-state index contributed by atoms with van der Waals surface area (Å²) in [4.78, 5) is 39.4. The molecule has 0 unspecified atom stereocenters. The molecule has 1 aromatic carbocycles. The van der Waals surface area contributed by atoms with Crippen LogP contribution in [0.25, 0.3) is 0 Å². The number of nitro groups is 1. The third-order valence-electron chi connectivity index (χ3n) is 5.71. The fourth-order valence-electron chi connectivity index (χ4n) is 4.04. The Labute approximate surface area is 176 Å². The van der Waals surface area contributed by atoms with E-state index in [4.69, 9.17) is 0 Å². The van der Waals surface area contributed by atoms with Crippen LogP contribution in [0.4, 0.5) is 11.4 Å². The average molecular weight is 418 g/mol. The first-order chi connectivity index (χ1) is 14.5. The maximum absolute atomic E-state index is 12.8. The van der Waals surface area contributed by atoms with E-state index in [1.54, 1.807) is 17.0 Å². The van der Waals surface area contributed by atoms with Gasteiger partial charge < -0.3 is 15.5 Å². The van der Waals surface area contributed by atoms with E-state index in [1.807, 2.05) is 6.92 Å². The summed E-state index contributed by atoms with van der Waals surface area (Å²) in [6.07, 6.45) is 4.54. The van der Waals surface area contributed by atoms with Crippen molar-refractivity contribution in [3.8, 4) is 0 Å². The molecule has 0 radical (unpaired) electrons. The number of hydrogen-bond donors (Lipinski definition) is 2. The van der Waals surface area contributed by atoms with Crippen molar-refractivity contribution in [2.75, 3.05) is 44.6 Å². The highest BCUT2D eigenvalue weighted by Gasteiger charge is 2.28. The maximum atomic E-state index is 12.8. The number of piperidine rings is 1. The Hall–Kier alpha value is -2.68. The van der Waals surface area contributed by atoms with E-state index in [2.05, 4.69) is 15.5 Å². The monoisotopic (exact) mass is 417 g/mol. The molecule has 2 N–H and O–H groups in total. The van der Waals surface area contributed by atoms with Gasteiger partial charge in [-0.2, -0.15) is 0 Å². The Bertz CT molecular complexity index is 771. The standard InChI is InChI=1S/C21H31N5O4/c1-2-9-22-20(27)15-24-12-7-16(8-13-24)23-17-5-6-19(26(29)30)18(14-17)21(28)25-10-3-4-11-25/h5-6,14,16,23H,2-4,7-13,15H2,1H3,(H,22,27). The zero-order valence-corrected chi connectivity index (χ0v) is 17.6. The molecule has 9 nitrogen and oxygen atoms in total. The van der Waals surface area contributed by atoms with Crippen molar-refractivity contribution in [1.82, 2.24) is 15.1 Å². The number of hydrogen-bond acceptors (Lipinski definition) is 6. The molecule has 0 atom stereocenters. The lowest BCUT2D eigenvalue weighted by Gasteiger charge is -2.32. The van der Waals surface area contributed by atoms with Crippen molar-refractivity contribution in [3.63, 3.8) is 0 Å². The molecular weight excluding hydrogens is 386 g/mol. The fourth-order valence-corrected chi connectivity index (χ4v) is 4.04. The van der Waals surface area contributed by atoms with Crippen LogP contribution in [-0.2, 0) is 4.79 Å². The molecule has 2 aliphatic rings. The largest absolute Gasteiger partial charge is 0.382 e. The number of likely N-dealkylation sites (tertiary alicyclic amines) is 2. The first-order valence-electron chi connectivity index (χ1n) is 10.8. The Morgan fingerprint density at radius 2 is 1.87 bits per heavy atom. The van der Waals surface area contributed by atoms with Crippen molar-refractivity contribution in [3.05, 3.63) is 33.9 Å². The number of carbonyl (C=O) groups is 2. The molecule has 0 spiro atoms. The van der Waals surface area contributed by atoms with Crippen LogP contribution in [-0.4, -0.2) is 71.8 Å². The molecule has 0 aromatic heterocycles. The maximum Gasteiger partial charge on any atom is 0.282 e. The molecule has 0 aliphatic carbocycles. The van der Waals surface area contributed by atoms with Gasteiger partial charge in [0.2, 0.25) is 5.91 Å². The minimum atomic E-state index is -0.491. The van der Waals surface area contributed by atoms with E-state index in [0.29, 0.717) is 26.2 Å². The minimum Gasteiger partial charge on any atom is -0.382 e. The van der Waals surface area contributed by atoms with Crippen LogP contribution in [0.3, 0.4) is 0 Å². The van der Waals surface area contributed by atoms with Crippen molar-refractivity contribution in [2.24, 2.45) is 0 Å². The predicted octanol–water partition coefficient (Wildman–Crippen LogP) is 2.23. The second-order valence-corrected chi connectivity index (χ2v) is 8.03. The lowest BCUT2D eigenvalue weighted by molar-refractivity contribution is -0.385. The molecule has 0 bridgehead atoms. The minimum absolute atomic E-state index is 0.0590. The Morgan fingerprint density at radius 3 is 2.50 bits per heavy atom. The van der Waals surface area contributed by atoms with Gasteiger partial charge in [0.1, 0.15) is 5.56 Å². The summed E-state index contributed by atoms with van der Waals surface area (Å²) in [5.41, 5.74) is 0.726. The summed E-state index contributed by atoms with van der Waals surface area (Å²) in [6, 6.07) is 4.90.